The van der Waals surface area contributed by atoms with Crippen molar-refractivity contribution in [1.29, 1.82) is 0 Å². The molecule has 0 spiro atoms. The molecule has 2 rings (SSSR count). The van der Waals surface area contributed by atoms with Gasteiger partial charge in [0.1, 0.15) is 0 Å². The van der Waals surface area contributed by atoms with E-state index in [2.05, 4.69) is 4.72 Å². The van der Waals surface area contributed by atoms with Gasteiger partial charge in [-0.3, -0.25) is 4.79 Å². The molecule has 0 unspecified atom stereocenters. The van der Waals surface area contributed by atoms with Crippen LogP contribution in [0.4, 0.5) is 0 Å². The number of likely N-dealkylation sites (tertiary alicyclic amines) is 1. The van der Waals surface area contributed by atoms with E-state index in [1.165, 1.54) is 29.2 Å². The summed E-state index contributed by atoms with van der Waals surface area (Å²) in [6.07, 6.45) is -0.454. The maximum atomic E-state index is 12.1. The Morgan fingerprint density at radius 1 is 1.24 bits per heavy atom. The first-order valence-corrected chi connectivity index (χ1v) is 8.18. The molecule has 1 aromatic carbocycles. The van der Waals surface area contributed by atoms with Gasteiger partial charge in [-0.15, -0.1) is 0 Å². The summed E-state index contributed by atoms with van der Waals surface area (Å²) in [6, 6.07) is 5.81. The van der Waals surface area contributed by atoms with Gasteiger partial charge in [-0.05, 0) is 45.0 Å². The van der Waals surface area contributed by atoms with E-state index in [1.807, 2.05) is 0 Å². The van der Waals surface area contributed by atoms with Crippen LogP contribution in [0.15, 0.2) is 29.2 Å². The Morgan fingerprint density at radius 2 is 1.76 bits per heavy atom. The molecule has 0 saturated carbocycles. The average Bonchev–Trinajstić information content (AvgIpc) is 2.31. The van der Waals surface area contributed by atoms with E-state index in [-0.39, 0.29) is 10.8 Å². The van der Waals surface area contributed by atoms with Crippen LogP contribution in [0.2, 0.25) is 0 Å². The third-order valence-corrected chi connectivity index (χ3v) is 4.78. The minimum atomic E-state index is -3.60. The van der Waals surface area contributed by atoms with Crippen molar-refractivity contribution in [2.24, 2.45) is 0 Å². The highest BCUT2D eigenvalue weighted by Crippen LogP contribution is 2.17. The molecule has 1 aromatic rings. The number of hydrogen-bond donors (Lipinski definition) is 2. The predicted molar refractivity (Wildman–Crippen MR) is 78.4 cm³/mol. The molecule has 1 aliphatic heterocycles. The number of sulfonamides is 1. The van der Waals surface area contributed by atoms with Crippen molar-refractivity contribution in [2.45, 2.75) is 37.3 Å². The van der Waals surface area contributed by atoms with Crippen LogP contribution in [0, 0.1) is 0 Å². The van der Waals surface area contributed by atoms with E-state index in [4.69, 9.17) is 0 Å². The second kappa shape index (κ2) is 5.40. The molecule has 116 valence electrons. The molecule has 0 aromatic heterocycles. The lowest BCUT2D eigenvalue weighted by atomic mass is 10.1. The number of aliphatic hydroxyl groups excluding tert-OH is 1. The van der Waals surface area contributed by atoms with Crippen molar-refractivity contribution < 1.29 is 18.3 Å². The first-order valence-electron chi connectivity index (χ1n) is 6.70. The third-order valence-electron chi connectivity index (χ3n) is 3.00. The standard InChI is InChI=1S/C14H20N2O4S/c1-14(2,3)15-21(19,20)12-6-4-10(5-7-12)13(18)16-8-11(17)9-16/h4-7,11,15,17H,8-9H2,1-3H3. The maximum Gasteiger partial charge on any atom is 0.254 e. The molecule has 1 fully saturated rings. The van der Waals surface area contributed by atoms with Crippen LogP contribution in [0.1, 0.15) is 31.1 Å². The molecule has 21 heavy (non-hydrogen) atoms. The normalized spacial score (nSPS) is 16.7. The van der Waals surface area contributed by atoms with Crippen molar-refractivity contribution in [2.75, 3.05) is 13.1 Å². The van der Waals surface area contributed by atoms with Crippen LogP contribution in [0.3, 0.4) is 0 Å². The van der Waals surface area contributed by atoms with Crippen molar-refractivity contribution in [3.05, 3.63) is 29.8 Å². The molecule has 1 saturated heterocycles. The highest BCUT2D eigenvalue weighted by molar-refractivity contribution is 7.89. The van der Waals surface area contributed by atoms with Gasteiger partial charge in [0.2, 0.25) is 10.0 Å². The average molecular weight is 312 g/mol. The first kappa shape index (κ1) is 15.9. The second-order valence-electron chi connectivity index (χ2n) is 6.24. The van der Waals surface area contributed by atoms with Gasteiger partial charge in [0, 0.05) is 24.2 Å². The summed E-state index contributed by atoms with van der Waals surface area (Å²) in [6.45, 7) is 5.93. The minimum absolute atomic E-state index is 0.123. The molecule has 1 amide bonds. The summed E-state index contributed by atoms with van der Waals surface area (Å²) in [5, 5.41) is 9.19. The summed E-state index contributed by atoms with van der Waals surface area (Å²) >= 11 is 0. The van der Waals surface area contributed by atoms with Crippen LogP contribution in [0.25, 0.3) is 0 Å². The van der Waals surface area contributed by atoms with E-state index in [0.29, 0.717) is 18.7 Å². The lowest BCUT2D eigenvalue weighted by molar-refractivity contribution is 0.00589. The number of nitrogens with one attached hydrogen (secondary N) is 1. The molecule has 0 bridgehead atoms. The fourth-order valence-electron chi connectivity index (χ4n) is 2.04. The molecule has 1 aliphatic rings. The zero-order valence-electron chi connectivity index (χ0n) is 12.3. The number of β-amino-alcohol motifs (C(OH)–C–C–N with tert-alkyl or cyclic N) is 1. The lowest BCUT2D eigenvalue weighted by Gasteiger charge is -2.35. The molecular weight excluding hydrogens is 292 g/mol. The van der Waals surface area contributed by atoms with Gasteiger partial charge in [0.05, 0.1) is 11.0 Å². The zero-order valence-corrected chi connectivity index (χ0v) is 13.1. The lowest BCUT2D eigenvalue weighted by Crippen LogP contribution is -2.53. The van der Waals surface area contributed by atoms with Gasteiger partial charge < -0.3 is 10.0 Å². The molecular formula is C14H20N2O4S. The summed E-state index contributed by atoms with van der Waals surface area (Å²) in [5.41, 5.74) is -0.155. The smallest absolute Gasteiger partial charge is 0.254 e. The molecule has 0 aliphatic carbocycles. The van der Waals surface area contributed by atoms with Gasteiger partial charge in [-0.2, -0.15) is 0 Å². The number of carbonyl (C=O) groups excluding carboxylic acids is 1. The summed E-state index contributed by atoms with van der Waals surface area (Å²) in [5.74, 6) is -0.201. The Hall–Kier alpha value is -1.44. The monoisotopic (exact) mass is 312 g/mol. The Bertz CT molecular complexity index is 626. The number of carbonyl (C=O) groups is 1. The van der Waals surface area contributed by atoms with Crippen molar-refractivity contribution in [3.8, 4) is 0 Å². The number of nitrogens with zero attached hydrogens (tertiary/aromatic N) is 1. The highest BCUT2D eigenvalue weighted by Gasteiger charge is 2.29. The van der Waals surface area contributed by atoms with E-state index in [1.54, 1.807) is 20.8 Å². The predicted octanol–water partition coefficient (Wildman–Crippen LogP) is 0.580. The SMILES string of the molecule is CC(C)(C)NS(=O)(=O)c1ccc(C(=O)N2CC(O)C2)cc1. The number of hydrogen-bond acceptors (Lipinski definition) is 4. The van der Waals surface area contributed by atoms with Crippen LogP contribution >= 0.6 is 0 Å². The van der Waals surface area contributed by atoms with Crippen molar-refractivity contribution in [3.63, 3.8) is 0 Å². The van der Waals surface area contributed by atoms with Crippen LogP contribution in [-0.2, 0) is 10.0 Å². The second-order valence-corrected chi connectivity index (χ2v) is 7.93. The number of aliphatic hydroxyl groups is 1. The van der Waals surface area contributed by atoms with Crippen LogP contribution in [-0.4, -0.2) is 49.1 Å². The van der Waals surface area contributed by atoms with Gasteiger partial charge in [0.15, 0.2) is 0 Å². The van der Waals surface area contributed by atoms with E-state index >= 15 is 0 Å². The van der Waals surface area contributed by atoms with Gasteiger partial charge >= 0.3 is 0 Å². The van der Waals surface area contributed by atoms with Gasteiger partial charge in [0.25, 0.3) is 5.91 Å². The topological polar surface area (TPSA) is 86.7 Å². The number of benzene rings is 1. The number of rotatable bonds is 3. The summed E-state index contributed by atoms with van der Waals surface area (Å²) in [4.78, 5) is 13.7. The van der Waals surface area contributed by atoms with Crippen LogP contribution in [0.5, 0.6) is 0 Å². The first-order chi connectivity index (χ1) is 9.58. The molecule has 6 nitrogen and oxygen atoms in total. The highest BCUT2D eigenvalue weighted by atomic mass is 32.2. The molecule has 0 atom stereocenters. The van der Waals surface area contributed by atoms with Crippen LogP contribution < -0.4 is 4.72 Å². The van der Waals surface area contributed by atoms with Gasteiger partial charge in [-0.1, -0.05) is 0 Å². The molecule has 1 heterocycles. The molecule has 0 radical (unpaired) electrons. The largest absolute Gasteiger partial charge is 0.389 e. The summed E-state index contributed by atoms with van der Waals surface area (Å²) in [7, 11) is -3.60. The van der Waals surface area contributed by atoms with Crippen molar-refractivity contribution >= 4 is 15.9 Å². The van der Waals surface area contributed by atoms with E-state index in [0.717, 1.165) is 0 Å². The molecule has 2 N–H and O–H groups in total. The Labute approximate surface area is 124 Å². The third kappa shape index (κ3) is 3.81. The fraction of sp³-hybridized carbons (Fsp3) is 0.500. The Kier molecular flexibility index (Phi) is 4.10. The van der Waals surface area contributed by atoms with E-state index in [9.17, 15) is 18.3 Å². The minimum Gasteiger partial charge on any atom is -0.389 e. The van der Waals surface area contributed by atoms with E-state index < -0.39 is 21.7 Å². The summed E-state index contributed by atoms with van der Waals surface area (Å²) < 4.78 is 26.8. The van der Waals surface area contributed by atoms with Gasteiger partial charge in [-0.25, -0.2) is 13.1 Å². The Balaban J connectivity index is 2.14. The number of amides is 1. The quantitative estimate of drug-likeness (QED) is 0.855. The fourth-order valence-corrected chi connectivity index (χ4v) is 3.46. The zero-order chi connectivity index (χ0) is 15.8. The molecule has 7 heteroatoms. The van der Waals surface area contributed by atoms with Crippen molar-refractivity contribution in [1.82, 2.24) is 9.62 Å². The maximum absolute atomic E-state index is 12.1. The Morgan fingerprint density at radius 3 is 2.19 bits per heavy atom.